The first-order chi connectivity index (χ1) is 9.08. The van der Waals surface area contributed by atoms with E-state index >= 15 is 0 Å². The first-order valence-electron chi connectivity index (χ1n) is 5.83. The van der Waals surface area contributed by atoms with Gasteiger partial charge in [-0.25, -0.2) is 4.98 Å². The Morgan fingerprint density at radius 3 is 2.79 bits per heavy atom. The molecule has 0 aliphatic carbocycles. The number of nitrogens with two attached hydrogens (primary N) is 1. The number of hydrogen-bond donors (Lipinski definition) is 2. The van der Waals surface area contributed by atoms with Crippen LogP contribution in [-0.2, 0) is 13.1 Å². The average molecular weight is 279 g/mol. The Balaban J connectivity index is 1.98. The van der Waals surface area contributed by atoms with E-state index in [1.54, 1.807) is 18.3 Å². The quantitative estimate of drug-likeness (QED) is 0.876. The fourth-order valence-corrected chi connectivity index (χ4v) is 2.63. The number of nitrogen functional groups attached to an aromatic ring is 1. The number of rotatable bonds is 5. The molecule has 0 amide bonds. The van der Waals surface area contributed by atoms with Gasteiger partial charge in [-0.05, 0) is 24.7 Å². The first kappa shape index (κ1) is 13.6. The van der Waals surface area contributed by atoms with Gasteiger partial charge in [0, 0.05) is 24.2 Å². The van der Waals surface area contributed by atoms with E-state index in [0.717, 1.165) is 23.5 Å². The maximum Gasteiger partial charge on any atom is 0.180 e. The Morgan fingerprint density at radius 1 is 1.42 bits per heavy atom. The molecule has 0 saturated carbocycles. The van der Waals surface area contributed by atoms with Crippen LogP contribution < -0.4 is 10.5 Å². The standard InChI is InChI=1S/C13H17N3O2S/c1-16(8-10-6-15-13(14)19-10)7-9-3-4-12(18-2)11(17)5-9/h3-6,17H,7-8H2,1-2H3,(H2,14,15). The second-order valence-corrected chi connectivity index (χ2v) is 5.49. The zero-order valence-corrected chi connectivity index (χ0v) is 11.8. The normalized spacial score (nSPS) is 10.9. The lowest BCUT2D eigenvalue weighted by Gasteiger charge is -2.16. The number of benzene rings is 1. The number of aromatic nitrogens is 1. The highest BCUT2D eigenvalue weighted by Gasteiger charge is 2.07. The van der Waals surface area contributed by atoms with E-state index in [0.29, 0.717) is 10.9 Å². The SMILES string of the molecule is COc1ccc(CN(C)Cc2cnc(N)s2)cc1O. The number of phenolic OH excluding ortho intramolecular Hbond substituents is 1. The van der Waals surface area contributed by atoms with Crippen LogP contribution in [0.2, 0.25) is 0 Å². The zero-order chi connectivity index (χ0) is 13.8. The minimum absolute atomic E-state index is 0.162. The minimum atomic E-state index is 0.162. The lowest BCUT2D eigenvalue weighted by atomic mass is 10.2. The van der Waals surface area contributed by atoms with Gasteiger partial charge >= 0.3 is 0 Å². The van der Waals surface area contributed by atoms with E-state index in [9.17, 15) is 5.11 Å². The van der Waals surface area contributed by atoms with Crippen LogP contribution in [-0.4, -0.2) is 29.1 Å². The molecule has 5 nitrogen and oxygen atoms in total. The van der Waals surface area contributed by atoms with Gasteiger partial charge in [-0.1, -0.05) is 6.07 Å². The number of phenols is 1. The Hall–Kier alpha value is -1.79. The Morgan fingerprint density at radius 2 is 2.21 bits per heavy atom. The fourth-order valence-electron chi connectivity index (χ4n) is 1.86. The first-order valence-corrected chi connectivity index (χ1v) is 6.64. The summed E-state index contributed by atoms with van der Waals surface area (Å²) in [5.74, 6) is 0.650. The third-order valence-corrected chi connectivity index (χ3v) is 3.50. The van der Waals surface area contributed by atoms with E-state index in [4.69, 9.17) is 10.5 Å². The molecule has 0 bridgehead atoms. The molecule has 0 atom stereocenters. The molecule has 102 valence electrons. The largest absolute Gasteiger partial charge is 0.504 e. The fraction of sp³-hybridized carbons (Fsp3) is 0.308. The number of methoxy groups -OCH3 is 1. The van der Waals surface area contributed by atoms with Gasteiger partial charge in [-0.15, -0.1) is 11.3 Å². The lowest BCUT2D eigenvalue weighted by Crippen LogP contribution is -2.16. The van der Waals surface area contributed by atoms with Gasteiger partial charge in [0.2, 0.25) is 0 Å². The summed E-state index contributed by atoms with van der Waals surface area (Å²) in [4.78, 5) is 7.28. The highest BCUT2D eigenvalue weighted by molar-refractivity contribution is 7.15. The number of anilines is 1. The molecule has 2 aromatic rings. The monoisotopic (exact) mass is 279 g/mol. The van der Waals surface area contributed by atoms with Gasteiger partial charge in [-0.2, -0.15) is 0 Å². The van der Waals surface area contributed by atoms with Crippen molar-refractivity contribution in [1.29, 1.82) is 0 Å². The van der Waals surface area contributed by atoms with Gasteiger partial charge in [0.1, 0.15) is 0 Å². The van der Waals surface area contributed by atoms with Crippen LogP contribution in [0.25, 0.3) is 0 Å². The molecule has 2 rings (SSSR count). The molecule has 0 aliphatic rings. The van der Waals surface area contributed by atoms with Gasteiger partial charge in [-0.3, -0.25) is 4.90 Å². The number of nitrogens with zero attached hydrogens (tertiary/aromatic N) is 2. The van der Waals surface area contributed by atoms with Crippen molar-refractivity contribution in [2.45, 2.75) is 13.1 Å². The van der Waals surface area contributed by atoms with E-state index < -0.39 is 0 Å². The second kappa shape index (κ2) is 5.90. The van der Waals surface area contributed by atoms with Gasteiger partial charge < -0.3 is 15.6 Å². The molecule has 0 spiro atoms. The van der Waals surface area contributed by atoms with Crippen LogP contribution in [0, 0.1) is 0 Å². The molecule has 6 heteroatoms. The van der Waals surface area contributed by atoms with Crippen LogP contribution in [0.3, 0.4) is 0 Å². The lowest BCUT2D eigenvalue weighted by molar-refractivity contribution is 0.320. The molecule has 0 fully saturated rings. The highest BCUT2D eigenvalue weighted by atomic mass is 32.1. The van der Waals surface area contributed by atoms with Crippen molar-refractivity contribution in [1.82, 2.24) is 9.88 Å². The molecular formula is C13H17N3O2S. The van der Waals surface area contributed by atoms with Crippen molar-refractivity contribution in [3.8, 4) is 11.5 Å². The summed E-state index contributed by atoms with van der Waals surface area (Å²) >= 11 is 1.49. The summed E-state index contributed by atoms with van der Waals surface area (Å²) in [7, 11) is 3.55. The van der Waals surface area contributed by atoms with E-state index in [-0.39, 0.29) is 5.75 Å². The molecule has 0 radical (unpaired) electrons. The van der Waals surface area contributed by atoms with Crippen LogP contribution in [0.1, 0.15) is 10.4 Å². The number of aromatic hydroxyl groups is 1. The smallest absolute Gasteiger partial charge is 0.180 e. The van der Waals surface area contributed by atoms with Crippen molar-refractivity contribution in [3.63, 3.8) is 0 Å². The summed E-state index contributed by atoms with van der Waals surface area (Å²) in [5.41, 5.74) is 6.63. The minimum Gasteiger partial charge on any atom is -0.504 e. The third-order valence-electron chi connectivity index (χ3n) is 2.69. The topological polar surface area (TPSA) is 71.6 Å². The molecule has 19 heavy (non-hydrogen) atoms. The number of hydrogen-bond acceptors (Lipinski definition) is 6. The van der Waals surface area contributed by atoms with E-state index in [1.165, 1.54) is 18.4 Å². The van der Waals surface area contributed by atoms with Crippen LogP contribution >= 0.6 is 11.3 Å². The molecule has 0 unspecified atom stereocenters. The number of ether oxygens (including phenoxy) is 1. The Labute approximate surface area is 116 Å². The number of thiazole rings is 1. The van der Waals surface area contributed by atoms with Gasteiger partial charge in [0.25, 0.3) is 0 Å². The predicted octanol–water partition coefficient (Wildman–Crippen LogP) is 2.07. The summed E-state index contributed by atoms with van der Waals surface area (Å²) in [6.45, 7) is 1.51. The third kappa shape index (κ3) is 3.59. The highest BCUT2D eigenvalue weighted by Crippen LogP contribution is 2.27. The molecule has 0 aliphatic heterocycles. The Kier molecular flexibility index (Phi) is 4.24. The van der Waals surface area contributed by atoms with Crippen molar-refractivity contribution in [2.75, 3.05) is 19.9 Å². The molecular weight excluding hydrogens is 262 g/mol. The van der Waals surface area contributed by atoms with Gasteiger partial charge in [0.05, 0.1) is 7.11 Å². The molecule has 1 heterocycles. The molecule has 3 N–H and O–H groups in total. The maximum atomic E-state index is 9.73. The van der Waals surface area contributed by atoms with Crippen molar-refractivity contribution >= 4 is 16.5 Å². The zero-order valence-electron chi connectivity index (χ0n) is 11.0. The summed E-state index contributed by atoms with van der Waals surface area (Å²) in [5, 5.41) is 10.3. The second-order valence-electron chi connectivity index (χ2n) is 4.34. The Bertz CT molecular complexity index is 557. The molecule has 0 saturated heterocycles. The van der Waals surface area contributed by atoms with E-state index in [1.807, 2.05) is 13.1 Å². The molecule has 1 aromatic carbocycles. The van der Waals surface area contributed by atoms with E-state index in [2.05, 4.69) is 9.88 Å². The van der Waals surface area contributed by atoms with Crippen molar-refractivity contribution in [2.24, 2.45) is 0 Å². The van der Waals surface area contributed by atoms with Crippen LogP contribution in [0.15, 0.2) is 24.4 Å². The van der Waals surface area contributed by atoms with Crippen LogP contribution in [0.4, 0.5) is 5.13 Å². The molecule has 1 aromatic heterocycles. The summed E-state index contributed by atoms with van der Waals surface area (Å²) < 4.78 is 5.02. The maximum absolute atomic E-state index is 9.73. The summed E-state index contributed by atoms with van der Waals surface area (Å²) in [6.07, 6.45) is 1.79. The predicted molar refractivity (Wildman–Crippen MR) is 76.4 cm³/mol. The van der Waals surface area contributed by atoms with Gasteiger partial charge in [0.15, 0.2) is 16.6 Å². The summed E-state index contributed by atoms with van der Waals surface area (Å²) in [6, 6.07) is 5.43. The van der Waals surface area contributed by atoms with Crippen molar-refractivity contribution < 1.29 is 9.84 Å². The van der Waals surface area contributed by atoms with Crippen molar-refractivity contribution in [3.05, 3.63) is 34.8 Å². The average Bonchev–Trinajstić information content (AvgIpc) is 2.74. The van der Waals surface area contributed by atoms with Crippen LogP contribution in [0.5, 0.6) is 11.5 Å².